The lowest BCUT2D eigenvalue weighted by molar-refractivity contribution is -0.139. The minimum atomic E-state index is -1.03. The minimum absolute atomic E-state index is 0.225. The third-order valence-electron chi connectivity index (χ3n) is 3.34. The lowest BCUT2D eigenvalue weighted by Gasteiger charge is -2.02. The van der Waals surface area contributed by atoms with E-state index in [0.29, 0.717) is 11.3 Å². The second kappa shape index (κ2) is 6.83. The van der Waals surface area contributed by atoms with Crippen LogP contribution in [0.5, 0.6) is 5.75 Å². The van der Waals surface area contributed by atoms with Gasteiger partial charge in [0.15, 0.2) is 12.4 Å². The summed E-state index contributed by atoms with van der Waals surface area (Å²) >= 11 is 0. The highest BCUT2D eigenvalue weighted by Gasteiger charge is 2.08. The van der Waals surface area contributed by atoms with E-state index in [4.69, 9.17) is 14.3 Å². The number of aliphatic carboxylic acids is 1. The maximum atomic E-state index is 12.2. The summed E-state index contributed by atoms with van der Waals surface area (Å²) in [7, 11) is 0. The molecule has 5 heteroatoms. The molecule has 1 aromatic heterocycles. The maximum absolute atomic E-state index is 12.2. The number of hydrogen-bond donors (Lipinski definition) is 1. The van der Waals surface area contributed by atoms with Crippen molar-refractivity contribution in [2.75, 3.05) is 6.61 Å². The topological polar surface area (TPSA) is 76.7 Å². The Morgan fingerprint density at radius 2 is 1.83 bits per heavy atom. The van der Waals surface area contributed by atoms with Crippen LogP contribution in [-0.4, -0.2) is 23.5 Å². The van der Waals surface area contributed by atoms with E-state index in [1.54, 1.807) is 36.4 Å². The van der Waals surface area contributed by atoms with Crippen LogP contribution < -0.4 is 4.74 Å². The number of benzene rings is 2. The average molecular weight is 322 g/mol. The van der Waals surface area contributed by atoms with Gasteiger partial charge in [0, 0.05) is 5.39 Å². The van der Waals surface area contributed by atoms with Gasteiger partial charge in [-0.15, -0.1) is 0 Å². The molecule has 0 saturated heterocycles. The van der Waals surface area contributed by atoms with Crippen LogP contribution in [-0.2, 0) is 4.79 Å². The van der Waals surface area contributed by atoms with Crippen LogP contribution in [0.4, 0.5) is 0 Å². The molecule has 0 amide bonds. The number of carboxylic acid groups (broad SMARTS) is 1. The number of ketones is 1. The molecule has 0 radical (unpaired) electrons. The Morgan fingerprint density at radius 3 is 2.54 bits per heavy atom. The molecule has 2 aromatic carbocycles. The van der Waals surface area contributed by atoms with Crippen molar-refractivity contribution in [2.45, 2.75) is 0 Å². The molecule has 0 bridgehead atoms. The first kappa shape index (κ1) is 15.6. The molecule has 3 rings (SSSR count). The fraction of sp³-hybridized carbons (Fsp3) is 0.0526. The quantitative estimate of drug-likeness (QED) is 0.552. The van der Waals surface area contributed by atoms with Crippen LogP contribution in [0.15, 0.2) is 65.1 Å². The van der Waals surface area contributed by atoms with Gasteiger partial charge < -0.3 is 14.3 Å². The van der Waals surface area contributed by atoms with Gasteiger partial charge >= 0.3 is 5.97 Å². The number of para-hydroxylation sites is 1. The van der Waals surface area contributed by atoms with E-state index >= 15 is 0 Å². The monoisotopic (exact) mass is 322 g/mol. The average Bonchev–Trinajstić information content (AvgIpc) is 3.03. The lowest BCUT2D eigenvalue weighted by Crippen LogP contribution is -2.09. The van der Waals surface area contributed by atoms with Gasteiger partial charge in [0.25, 0.3) is 0 Å². The molecule has 0 unspecified atom stereocenters. The van der Waals surface area contributed by atoms with Crippen molar-refractivity contribution >= 4 is 28.8 Å². The molecule has 1 N–H and O–H groups in total. The Morgan fingerprint density at radius 1 is 1.08 bits per heavy atom. The predicted molar refractivity (Wildman–Crippen MR) is 89.2 cm³/mol. The first-order valence-electron chi connectivity index (χ1n) is 7.27. The largest absolute Gasteiger partial charge is 0.482 e. The smallest absolute Gasteiger partial charge is 0.341 e. The molecule has 0 aliphatic rings. The van der Waals surface area contributed by atoms with Gasteiger partial charge in [0.05, 0.1) is 0 Å². The summed E-state index contributed by atoms with van der Waals surface area (Å²) in [6, 6.07) is 15.9. The van der Waals surface area contributed by atoms with E-state index in [2.05, 4.69) is 0 Å². The van der Waals surface area contributed by atoms with Crippen molar-refractivity contribution in [3.05, 3.63) is 72.0 Å². The van der Waals surface area contributed by atoms with Crippen molar-refractivity contribution in [3.8, 4) is 5.75 Å². The number of furan rings is 1. The fourth-order valence-electron chi connectivity index (χ4n) is 2.18. The second-order valence-corrected chi connectivity index (χ2v) is 5.10. The zero-order valence-electron chi connectivity index (χ0n) is 12.6. The number of carbonyl (C=O) groups excluding carboxylic acids is 1. The van der Waals surface area contributed by atoms with Crippen molar-refractivity contribution in [1.29, 1.82) is 0 Å². The molecule has 0 aliphatic heterocycles. The van der Waals surface area contributed by atoms with Crippen LogP contribution in [0.2, 0.25) is 0 Å². The summed E-state index contributed by atoms with van der Waals surface area (Å²) in [4.78, 5) is 22.6. The van der Waals surface area contributed by atoms with E-state index in [1.807, 2.05) is 24.3 Å². The lowest BCUT2D eigenvalue weighted by atomic mass is 10.1. The Labute approximate surface area is 137 Å². The third-order valence-corrected chi connectivity index (χ3v) is 3.34. The molecule has 5 nitrogen and oxygen atoms in total. The number of rotatable bonds is 6. The number of ether oxygens (including phenoxy) is 1. The SMILES string of the molecule is O=C(O)COc1ccc(C=CC(=O)c2cc3ccccc3o2)cc1. The van der Waals surface area contributed by atoms with Crippen LogP contribution >= 0.6 is 0 Å². The van der Waals surface area contributed by atoms with Gasteiger partial charge in [-0.3, -0.25) is 4.79 Å². The molecule has 1 heterocycles. The van der Waals surface area contributed by atoms with Crippen LogP contribution in [0.1, 0.15) is 16.1 Å². The molecule has 3 aromatic rings. The highest BCUT2D eigenvalue weighted by atomic mass is 16.5. The van der Waals surface area contributed by atoms with Crippen molar-refractivity contribution < 1.29 is 23.8 Å². The molecule has 0 saturated carbocycles. The van der Waals surface area contributed by atoms with E-state index in [1.165, 1.54) is 6.08 Å². The van der Waals surface area contributed by atoms with Gasteiger partial charge in [-0.25, -0.2) is 4.79 Å². The Kier molecular flexibility index (Phi) is 4.43. The maximum Gasteiger partial charge on any atom is 0.341 e. The van der Waals surface area contributed by atoms with Crippen LogP contribution in [0.25, 0.3) is 17.0 Å². The molecule has 0 spiro atoms. The first-order valence-corrected chi connectivity index (χ1v) is 7.27. The summed E-state index contributed by atoms with van der Waals surface area (Å²) in [5, 5.41) is 9.44. The molecule has 0 fully saturated rings. The standard InChI is InChI=1S/C19H14O5/c20-16(18-11-14-3-1-2-4-17(14)24-18)10-7-13-5-8-15(9-6-13)23-12-19(21)22/h1-11H,12H2,(H,21,22). The Bertz CT molecular complexity index is 870. The minimum Gasteiger partial charge on any atom is -0.482 e. The van der Waals surface area contributed by atoms with Gasteiger partial charge in [0.2, 0.25) is 5.78 Å². The fourth-order valence-corrected chi connectivity index (χ4v) is 2.18. The van der Waals surface area contributed by atoms with Crippen molar-refractivity contribution in [1.82, 2.24) is 0 Å². The zero-order chi connectivity index (χ0) is 16.9. The van der Waals surface area contributed by atoms with Crippen LogP contribution in [0.3, 0.4) is 0 Å². The molecular weight excluding hydrogens is 308 g/mol. The molecule has 120 valence electrons. The van der Waals surface area contributed by atoms with E-state index in [-0.39, 0.29) is 18.2 Å². The number of carboxylic acids is 1. The van der Waals surface area contributed by atoms with Crippen LogP contribution in [0, 0.1) is 0 Å². The van der Waals surface area contributed by atoms with Gasteiger partial charge in [-0.05, 0) is 35.9 Å². The number of carbonyl (C=O) groups is 2. The Balaban J connectivity index is 1.68. The van der Waals surface area contributed by atoms with Crippen molar-refractivity contribution in [3.63, 3.8) is 0 Å². The van der Waals surface area contributed by atoms with Gasteiger partial charge in [0.1, 0.15) is 11.3 Å². The van der Waals surface area contributed by atoms with E-state index in [0.717, 1.165) is 10.9 Å². The summed E-state index contributed by atoms with van der Waals surface area (Å²) in [5.41, 5.74) is 1.47. The number of hydrogen-bond acceptors (Lipinski definition) is 4. The molecular formula is C19H14O5. The number of fused-ring (bicyclic) bond motifs is 1. The number of allylic oxidation sites excluding steroid dienone is 1. The summed E-state index contributed by atoms with van der Waals surface area (Å²) in [6.45, 7) is -0.389. The summed E-state index contributed by atoms with van der Waals surface area (Å²) in [6.07, 6.45) is 3.10. The molecule has 24 heavy (non-hydrogen) atoms. The third kappa shape index (κ3) is 3.70. The Hall–Kier alpha value is -3.34. The second-order valence-electron chi connectivity index (χ2n) is 5.10. The van der Waals surface area contributed by atoms with E-state index in [9.17, 15) is 9.59 Å². The summed E-state index contributed by atoms with van der Waals surface area (Å²) in [5.74, 6) is -0.514. The normalized spacial score (nSPS) is 11.0. The van der Waals surface area contributed by atoms with Crippen molar-refractivity contribution in [2.24, 2.45) is 0 Å². The first-order chi connectivity index (χ1) is 11.6. The predicted octanol–water partition coefficient (Wildman–Crippen LogP) is 3.79. The molecule has 0 aliphatic carbocycles. The highest BCUT2D eigenvalue weighted by molar-refractivity contribution is 6.06. The zero-order valence-corrected chi connectivity index (χ0v) is 12.6. The van der Waals surface area contributed by atoms with E-state index < -0.39 is 5.97 Å². The highest BCUT2D eigenvalue weighted by Crippen LogP contribution is 2.20. The molecule has 0 atom stereocenters. The van der Waals surface area contributed by atoms with Gasteiger partial charge in [-0.2, -0.15) is 0 Å². The van der Waals surface area contributed by atoms with Gasteiger partial charge in [-0.1, -0.05) is 36.4 Å². The summed E-state index contributed by atoms with van der Waals surface area (Å²) < 4.78 is 10.6.